The average Bonchev–Trinajstić information content (AvgIpc) is 3.12. The molecule has 0 spiro atoms. The first kappa shape index (κ1) is 7.79. The minimum Gasteiger partial charge on any atom is -0.256 e. The van der Waals surface area contributed by atoms with Gasteiger partial charge in [0.2, 0.25) is 11.5 Å². The van der Waals surface area contributed by atoms with E-state index in [1.807, 2.05) is 39.4 Å². The molecule has 1 aliphatic heterocycles. The molecule has 3 aromatic heterocycles. The molecule has 1 aliphatic rings. The Morgan fingerprint density at radius 2 is 2.30 bits per heavy atom. The van der Waals surface area contributed by atoms with E-state index in [4.69, 9.17) is 4.11 Å². The fourth-order valence-electron chi connectivity index (χ4n) is 3.07. The van der Waals surface area contributed by atoms with Gasteiger partial charge in [0.05, 0.1) is 41.8 Å². The van der Waals surface area contributed by atoms with E-state index < -0.39 is 6.98 Å². The molecular weight excluding hydrogens is 250 g/mol. The maximum atomic E-state index is 7.97. The molecule has 4 heterocycles. The van der Waals surface area contributed by atoms with Crippen molar-refractivity contribution in [3.63, 3.8) is 0 Å². The lowest BCUT2D eigenvalue weighted by Gasteiger charge is -1.95. The second-order valence-electron chi connectivity index (χ2n) is 4.97. The van der Waals surface area contributed by atoms with Gasteiger partial charge >= 0.3 is 0 Å². The smallest absolute Gasteiger partial charge is 0.256 e. The van der Waals surface area contributed by atoms with Gasteiger partial charge in [-0.15, -0.1) is 0 Å². The number of aryl methyl sites for hydroxylation is 1. The molecule has 0 amide bonds. The summed E-state index contributed by atoms with van der Waals surface area (Å²) < 4.78 is 29.2. The lowest BCUT2D eigenvalue weighted by atomic mass is 10.1. The zero-order chi connectivity index (χ0) is 15.8. The zero-order valence-electron chi connectivity index (χ0n) is 13.5. The summed E-state index contributed by atoms with van der Waals surface area (Å²) in [6, 6.07) is 7.89. The van der Waals surface area contributed by atoms with Crippen LogP contribution in [0.5, 0.6) is 0 Å². The van der Waals surface area contributed by atoms with E-state index >= 15 is 0 Å². The quantitative estimate of drug-likeness (QED) is 0.398. The molecular formula is C15H12N5+. The van der Waals surface area contributed by atoms with E-state index in [2.05, 4.69) is 9.97 Å². The molecule has 4 aromatic rings. The molecule has 0 saturated carbocycles. The average molecular weight is 265 g/mol. The molecule has 0 fully saturated rings. The van der Waals surface area contributed by atoms with Gasteiger partial charge in [-0.3, -0.25) is 4.98 Å². The number of imidazole rings is 2. The van der Waals surface area contributed by atoms with Crippen molar-refractivity contribution in [2.24, 2.45) is 6.98 Å². The molecule has 0 atom stereocenters. The third kappa shape index (κ3) is 1.02. The second kappa shape index (κ2) is 3.25. The molecule has 5 heteroatoms. The summed E-state index contributed by atoms with van der Waals surface area (Å²) in [5, 5.41) is 0. The van der Waals surface area contributed by atoms with Crippen LogP contribution in [-0.2, 0) is 13.5 Å². The minimum atomic E-state index is -2.30. The van der Waals surface area contributed by atoms with Crippen LogP contribution >= 0.6 is 0 Å². The fraction of sp³-hybridized carbons (Fsp3) is 0.133. The summed E-state index contributed by atoms with van der Waals surface area (Å²) in [6.07, 6.45) is 5.12. The number of nitrogens with zero attached hydrogens (tertiary/aromatic N) is 5. The molecule has 96 valence electrons. The standard InChI is InChI=1S/C15H12N5/c1-18-13-15(19-7-6-16-8-12(19)17-13)20-9-10-4-2-3-5-11(10)14(18)20/h2-8H,9H2,1H3/q+1/i1D3. The van der Waals surface area contributed by atoms with Gasteiger partial charge in [-0.25, -0.2) is 13.5 Å². The molecule has 0 unspecified atom stereocenters. The first-order valence-corrected chi connectivity index (χ1v) is 6.41. The van der Waals surface area contributed by atoms with Crippen molar-refractivity contribution in [3.8, 4) is 11.4 Å². The molecule has 0 radical (unpaired) electrons. The van der Waals surface area contributed by atoms with Crippen molar-refractivity contribution in [2.75, 3.05) is 0 Å². The number of rotatable bonds is 0. The summed E-state index contributed by atoms with van der Waals surface area (Å²) in [5.41, 5.74) is 3.95. The van der Waals surface area contributed by atoms with E-state index in [1.54, 1.807) is 12.4 Å². The summed E-state index contributed by atoms with van der Waals surface area (Å²) >= 11 is 0. The predicted octanol–water partition coefficient (Wildman–Crippen LogP) is 1.54. The van der Waals surface area contributed by atoms with Gasteiger partial charge in [-0.2, -0.15) is 4.98 Å². The number of hydrogen-bond acceptors (Lipinski definition) is 2. The van der Waals surface area contributed by atoms with Gasteiger partial charge in [0, 0.05) is 5.56 Å². The Labute approximate surface area is 119 Å². The Hall–Kier alpha value is -2.69. The molecule has 5 rings (SSSR count). The Kier molecular flexibility index (Phi) is 1.27. The van der Waals surface area contributed by atoms with Gasteiger partial charge in [-0.05, 0) is 6.07 Å². The fourth-order valence-corrected chi connectivity index (χ4v) is 3.07. The SMILES string of the molecule is [2H]C([2H])([2H])n1c2[n+](c3c1nc1cnccn13)Cc1ccccc1-2. The summed E-state index contributed by atoms with van der Waals surface area (Å²) in [6.45, 7) is -1.66. The Bertz CT molecular complexity index is 1090. The van der Waals surface area contributed by atoms with Crippen molar-refractivity contribution >= 4 is 16.9 Å². The molecule has 1 aromatic carbocycles. The molecule has 0 aliphatic carbocycles. The van der Waals surface area contributed by atoms with Crippen LogP contribution in [0.15, 0.2) is 42.9 Å². The first-order chi connectivity index (χ1) is 11.1. The van der Waals surface area contributed by atoms with Crippen molar-refractivity contribution in [1.82, 2.24) is 18.9 Å². The Balaban J connectivity index is 2.01. The van der Waals surface area contributed by atoms with Crippen molar-refractivity contribution in [2.45, 2.75) is 6.54 Å². The van der Waals surface area contributed by atoms with Crippen LogP contribution in [0.1, 0.15) is 9.68 Å². The topological polar surface area (TPSA) is 39.0 Å². The summed E-state index contributed by atoms with van der Waals surface area (Å²) in [5.74, 6) is 0.685. The Morgan fingerprint density at radius 1 is 1.35 bits per heavy atom. The highest BCUT2D eigenvalue weighted by atomic mass is 15.3. The van der Waals surface area contributed by atoms with E-state index in [1.165, 1.54) is 4.57 Å². The Morgan fingerprint density at radius 3 is 3.25 bits per heavy atom. The van der Waals surface area contributed by atoms with Crippen LogP contribution < -0.4 is 4.57 Å². The van der Waals surface area contributed by atoms with Crippen LogP contribution in [0.25, 0.3) is 28.3 Å². The highest BCUT2D eigenvalue weighted by Crippen LogP contribution is 2.30. The normalized spacial score (nSPS) is 15.9. The highest BCUT2D eigenvalue weighted by Gasteiger charge is 2.33. The zero-order valence-corrected chi connectivity index (χ0v) is 10.5. The molecule has 0 N–H and O–H groups in total. The van der Waals surface area contributed by atoms with Crippen LogP contribution in [0.2, 0.25) is 0 Å². The number of hydrogen-bond donors (Lipinski definition) is 0. The molecule has 0 saturated heterocycles. The maximum Gasteiger partial charge on any atom is 0.295 e. The third-order valence-electron chi connectivity index (χ3n) is 3.91. The highest BCUT2D eigenvalue weighted by molar-refractivity contribution is 5.76. The number of fused-ring (bicyclic) bond motifs is 7. The van der Waals surface area contributed by atoms with E-state index in [9.17, 15) is 0 Å². The second-order valence-corrected chi connectivity index (χ2v) is 4.97. The largest absolute Gasteiger partial charge is 0.295 e. The van der Waals surface area contributed by atoms with Gasteiger partial charge in [-0.1, -0.05) is 18.2 Å². The van der Waals surface area contributed by atoms with Gasteiger partial charge < -0.3 is 0 Å². The first-order valence-electron chi connectivity index (χ1n) is 7.91. The third-order valence-corrected chi connectivity index (χ3v) is 3.91. The van der Waals surface area contributed by atoms with E-state index in [0.717, 1.165) is 16.8 Å². The lowest BCUT2D eigenvalue weighted by Crippen LogP contribution is -2.32. The summed E-state index contributed by atoms with van der Waals surface area (Å²) in [4.78, 5) is 8.57. The molecule has 20 heavy (non-hydrogen) atoms. The maximum absolute atomic E-state index is 7.97. The predicted molar refractivity (Wildman–Crippen MR) is 74.2 cm³/mol. The monoisotopic (exact) mass is 265 g/mol. The lowest BCUT2D eigenvalue weighted by molar-refractivity contribution is -0.648. The summed E-state index contributed by atoms with van der Waals surface area (Å²) in [7, 11) is 0. The van der Waals surface area contributed by atoms with Crippen molar-refractivity contribution < 1.29 is 8.68 Å². The van der Waals surface area contributed by atoms with Gasteiger partial charge in [0.25, 0.3) is 11.3 Å². The van der Waals surface area contributed by atoms with Crippen LogP contribution in [0.4, 0.5) is 0 Å². The van der Waals surface area contributed by atoms with E-state index in [-0.39, 0.29) is 0 Å². The van der Waals surface area contributed by atoms with E-state index in [0.29, 0.717) is 23.7 Å². The van der Waals surface area contributed by atoms with Crippen molar-refractivity contribution in [3.05, 3.63) is 48.4 Å². The van der Waals surface area contributed by atoms with Crippen LogP contribution in [-0.4, -0.2) is 18.9 Å². The van der Waals surface area contributed by atoms with Crippen LogP contribution in [0, 0.1) is 0 Å². The molecule has 5 nitrogen and oxygen atoms in total. The van der Waals surface area contributed by atoms with Gasteiger partial charge in [0.1, 0.15) is 0 Å². The van der Waals surface area contributed by atoms with Crippen molar-refractivity contribution in [1.29, 1.82) is 0 Å². The van der Waals surface area contributed by atoms with Crippen LogP contribution in [0.3, 0.4) is 0 Å². The van der Waals surface area contributed by atoms with Gasteiger partial charge in [0.15, 0.2) is 0 Å². The molecule has 0 bridgehead atoms. The minimum absolute atomic E-state index is 0.461. The number of aromatic nitrogens is 5. The number of benzene rings is 1.